The number of nitro groups is 1. The van der Waals surface area contributed by atoms with E-state index in [9.17, 15) is 19.7 Å². The number of hydrogen-bond acceptors (Lipinski definition) is 6. The van der Waals surface area contributed by atoms with Gasteiger partial charge in [0.1, 0.15) is 5.69 Å². The minimum atomic E-state index is -0.697. The van der Waals surface area contributed by atoms with Crippen LogP contribution in [0.3, 0.4) is 0 Å². The lowest BCUT2D eigenvalue weighted by atomic mass is 10.1. The van der Waals surface area contributed by atoms with E-state index in [0.29, 0.717) is 18.2 Å². The molecule has 9 nitrogen and oxygen atoms in total. The molecule has 2 amide bonds. The van der Waals surface area contributed by atoms with Crippen LogP contribution in [0.25, 0.3) is 0 Å². The van der Waals surface area contributed by atoms with Gasteiger partial charge in [-0.1, -0.05) is 17.7 Å². The maximum absolute atomic E-state index is 12.2. The van der Waals surface area contributed by atoms with Crippen molar-refractivity contribution in [3.8, 4) is 0 Å². The van der Waals surface area contributed by atoms with Crippen molar-refractivity contribution in [1.82, 2.24) is 10.9 Å². The second-order valence-electron chi connectivity index (χ2n) is 5.33. The van der Waals surface area contributed by atoms with Crippen molar-refractivity contribution in [3.05, 3.63) is 68.7 Å². The predicted octanol–water partition coefficient (Wildman–Crippen LogP) is 2.38. The van der Waals surface area contributed by atoms with Crippen LogP contribution < -0.4 is 16.2 Å². The first kappa shape index (κ1) is 20.1. The lowest BCUT2D eigenvalue weighted by molar-refractivity contribution is -0.384. The summed E-state index contributed by atoms with van der Waals surface area (Å²) >= 11 is 5.81. The smallest absolute Gasteiger partial charge is 0.293 e. The molecule has 27 heavy (non-hydrogen) atoms. The molecule has 0 aliphatic rings. The summed E-state index contributed by atoms with van der Waals surface area (Å²) in [6, 6.07) is 10.1. The number of hydrogen-bond donors (Lipinski definition) is 3. The van der Waals surface area contributed by atoms with Crippen molar-refractivity contribution in [2.75, 3.05) is 25.6 Å². The average molecular weight is 393 g/mol. The fourth-order valence-electron chi connectivity index (χ4n) is 2.15. The SMILES string of the molecule is COCCNc1ccc(C(=O)NNC(=O)c2cccc(Cl)c2)cc1[N+](=O)[O-]. The summed E-state index contributed by atoms with van der Waals surface area (Å²) in [7, 11) is 1.52. The Kier molecular flexibility index (Phi) is 7.09. The van der Waals surface area contributed by atoms with Crippen LogP contribution in [0.1, 0.15) is 20.7 Å². The zero-order valence-corrected chi connectivity index (χ0v) is 15.1. The van der Waals surface area contributed by atoms with Gasteiger partial charge in [0.25, 0.3) is 17.5 Å². The molecule has 0 atom stereocenters. The van der Waals surface area contributed by atoms with Crippen LogP contribution in [0.2, 0.25) is 5.02 Å². The molecule has 0 aliphatic heterocycles. The highest BCUT2D eigenvalue weighted by molar-refractivity contribution is 6.30. The van der Waals surface area contributed by atoms with E-state index in [2.05, 4.69) is 16.2 Å². The average Bonchev–Trinajstić information content (AvgIpc) is 2.66. The molecule has 2 aromatic carbocycles. The summed E-state index contributed by atoms with van der Waals surface area (Å²) in [4.78, 5) is 34.8. The second-order valence-corrected chi connectivity index (χ2v) is 5.76. The van der Waals surface area contributed by atoms with Crippen LogP contribution in [0.5, 0.6) is 0 Å². The first-order valence-electron chi connectivity index (χ1n) is 7.80. The molecule has 3 N–H and O–H groups in total. The molecule has 2 rings (SSSR count). The first-order chi connectivity index (χ1) is 12.9. The van der Waals surface area contributed by atoms with Gasteiger partial charge < -0.3 is 10.1 Å². The number of carbonyl (C=O) groups excluding carboxylic acids is 2. The van der Waals surface area contributed by atoms with Crippen LogP contribution in [0.4, 0.5) is 11.4 Å². The van der Waals surface area contributed by atoms with Gasteiger partial charge in [-0.2, -0.15) is 0 Å². The number of halogens is 1. The molecule has 0 saturated heterocycles. The number of methoxy groups -OCH3 is 1. The van der Waals surface area contributed by atoms with E-state index in [1.54, 1.807) is 12.1 Å². The lowest BCUT2D eigenvalue weighted by Gasteiger charge is -2.10. The van der Waals surface area contributed by atoms with Crippen molar-refractivity contribution in [3.63, 3.8) is 0 Å². The first-order valence-corrected chi connectivity index (χ1v) is 8.17. The molecule has 2 aromatic rings. The minimum absolute atomic E-state index is 0.0189. The van der Waals surface area contributed by atoms with Crippen molar-refractivity contribution in [2.45, 2.75) is 0 Å². The van der Waals surface area contributed by atoms with Gasteiger partial charge >= 0.3 is 0 Å². The number of nitrogens with zero attached hydrogens (tertiary/aromatic N) is 1. The van der Waals surface area contributed by atoms with Gasteiger partial charge in [-0.25, -0.2) is 0 Å². The molecular formula is C17H17ClN4O5. The minimum Gasteiger partial charge on any atom is -0.383 e. The number of ether oxygens (including phenoxy) is 1. The van der Waals surface area contributed by atoms with Gasteiger partial charge in [0, 0.05) is 35.9 Å². The number of nitro benzene ring substituents is 1. The zero-order valence-electron chi connectivity index (χ0n) is 14.3. The summed E-state index contributed by atoms with van der Waals surface area (Å²) in [5.41, 5.74) is 4.71. The highest BCUT2D eigenvalue weighted by Crippen LogP contribution is 2.25. The number of hydrazine groups is 1. The predicted molar refractivity (Wildman–Crippen MR) is 99.8 cm³/mol. The van der Waals surface area contributed by atoms with Crippen LogP contribution in [0, 0.1) is 10.1 Å². The fraction of sp³-hybridized carbons (Fsp3) is 0.176. The molecule has 0 heterocycles. The Balaban J connectivity index is 2.06. The molecule has 0 aromatic heterocycles. The Bertz CT molecular complexity index is 859. The maximum atomic E-state index is 12.2. The third kappa shape index (κ3) is 5.66. The Hall–Kier alpha value is -3.17. The summed E-state index contributed by atoms with van der Waals surface area (Å²) in [6.45, 7) is 0.744. The van der Waals surface area contributed by atoms with E-state index in [-0.39, 0.29) is 22.5 Å². The second kappa shape index (κ2) is 9.51. The Morgan fingerprint density at radius 3 is 2.37 bits per heavy atom. The maximum Gasteiger partial charge on any atom is 0.293 e. The van der Waals surface area contributed by atoms with Gasteiger partial charge in [-0.3, -0.25) is 30.6 Å². The number of carbonyl (C=O) groups is 2. The van der Waals surface area contributed by atoms with E-state index in [1.165, 1.54) is 31.4 Å². The molecule has 0 fully saturated rings. The number of amides is 2. The molecule has 142 valence electrons. The van der Waals surface area contributed by atoms with E-state index >= 15 is 0 Å². The molecule has 0 spiro atoms. The van der Waals surface area contributed by atoms with Crippen molar-refractivity contribution in [1.29, 1.82) is 0 Å². The molecule has 10 heteroatoms. The summed E-state index contributed by atoms with van der Waals surface area (Å²) in [5, 5.41) is 14.5. The van der Waals surface area contributed by atoms with Gasteiger partial charge in [-0.05, 0) is 30.3 Å². The summed E-state index contributed by atoms with van der Waals surface area (Å²) in [6.07, 6.45) is 0. The molecule has 0 bridgehead atoms. The van der Waals surface area contributed by atoms with Gasteiger partial charge in [-0.15, -0.1) is 0 Å². The number of anilines is 1. The Morgan fingerprint density at radius 2 is 1.78 bits per heavy atom. The molecule has 0 saturated carbocycles. The van der Waals surface area contributed by atoms with E-state index in [1.807, 2.05) is 0 Å². The van der Waals surface area contributed by atoms with Crippen molar-refractivity contribution in [2.24, 2.45) is 0 Å². The highest BCUT2D eigenvalue weighted by Gasteiger charge is 2.18. The molecular weight excluding hydrogens is 376 g/mol. The lowest BCUT2D eigenvalue weighted by Crippen LogP contribution is -2.41. The molecule has 0 radical (unpaired) electrons. The van der Waals surface area contributed by atoms with Gasteiger partial charge in [0.15, 0.2) is 0 Å². The highest BCUT2D eigenvalue weighted by atomic mass is 35.5. The number of benzene rings is 2. The van der Waals surface area contributed by atoms with E-state index in [4.69, 9.17) is 16.3 Å². The standard InChI is InChI=1S/C17H17ClN4O5/c1-27-8-7-19-14-6-5-12(10-15(14)22(25)26)17(24)21-20-16(23)11-3-2-4-13(18)9-11/h2-6,9-10,19H,7-8H2,1H3,(H,20,23)(H,21,24). The van der Waals surface area contributed by atoms with Crippen LogP contribution in [-0.2, 0) is 4.74 Å². The van der Waals surface area contributed by atoms with Crippen molar-refractivity contribution >= 4 is 34.8 Å². The van der Waals surface area contributed by atoms with Gasteiger partial charge in [0.2, 0.25) is 0 Å². The Labute approximate surface area is 159 Å². The van der Waals surface area contributed by atoms with Crippen LogP contribution >= 0.6 is 11.6 Å². The molecule has 0 aliphatic carbocycles. The quantitative estimate of drug-likeness (QED) is 0.377. The third-order valence-corrected chi connectivity index (χ3v) is 3.69. The van der Waals surface area contributed by atoms with Gasteiger partial charge in [0.05, 0.1) is 11.5 Å². The van der Waals surface area contributed by atoms with Crippen LogP contribution in [0.15, 0.2) is 42.5 Å². The van der Waals surface area contributed by atoms with E-state index in [0.717, 1.165) is 6.07 Å². The monoisotopic (exact) mass is 392 g/mol. The zero-order chi connectivity index (χ0) is 19.8. The summed E-state index contributed by atoms with van der Waals surface area (Å²) < 4.78 is 4.88. The topological polar surface area (TPSA) is 123 Å². The fourth-order valence-corrected chi connectivity index (χ4v) is 2.34. The van der Waals surface area contributed by atoms with E-state index < -0.39 is 16.7 Å². The number of rotatable bonds is 7. The Morgan fingerprint density at radius 1 is 1.11 bits per heavy atom. The van der Waals surface area contributed by atoms with Crippen LogP contribution in [-0.4, -0.2) is 37.0 Å². The largest absolute Gasteiger partial charge is 0.383 e. The summed E-state index contributed by atoms with van der Waals surface area (Å²) in [5.74, 6) is -1.27. The molecule has 0 unspecified atom stereocenters. The van der Waals surface area contributed by atoms with Crippen molar-refractivity contribution < 1.29 is 19.2 Å². The normalized spacial score (nSPS) is 10.1. The third-order valence-electron chi connectivity index (χ3n) is 3.45. The number of nitrogens with one attached hydrogen (secondary N) is 3.